The van der Waals surface area contributed by atoms with E-state index in [-0.39, 0.29) is 12.1 Å². The van der Waals surface area contributed by atoms with E-state index in [0.29, 0.717) is 17.8 Å². The maximum Gasteiger partial charge on any atom is 0.337 e. The Morgan fingerprint density at radius 1 is 0.974 bits per heavy atom. The second-order valence-electron chi connectivity index (χ2n) is 9.61. The summed E-state index contributed by atoms with van der Waals surface area (Å²) in [7, 11) is 3.00. The topological polar surface area (TPSA) is 72.8 Å². The van der Waals surface area contributed by atoms with Crippen LogP contribution in [0.1, 0.15) is 56.5 Å². The maximum absolute atomic E-state index is 14.1. The summed E-state index contributed by atoms with van der Waals surface area (Å²) in [6, 6.07) is 18.3. The van der Waals surface area contributed by atoms with Crippen molar-refractivity contribution >= 4 is 29.0 Å². The number of carbonyl (C=O) groups is 2. The maximum atomic E-state index is 14.1. The minimum atomic E-state index is -0.447. The molecule has 8 heteroatoms. The van der Waals surface area contributed by atoms with Crippen molar-refractivity contribution in [2.75, 3.05) is 19.5 Å². The highest BCUT2D eigenvalue weighted by Crippen LogP contribution is 2.44. The fraction of sp³-hybridized carbons (Fsp3) is 0.267. The average Bonchev–Trinajstić information content (AvgIpc) is 3.54. The normalized spacial score (nSPS) is 16.1. The molecular weight excluding hydrogens is 498 g/mol. The SMILES string of the molecule is COC(=O)c1cccc(NC(=O)N2Cc3c(sc4c3CCCC4)-n3cccc3C2c2cccc(OC)c2)c1. The van der Waals surface area contributed by atoms with Crippen LogP contribution >= 0.6 is 11.3 Å². The molecule has 0 bridgehead atoms. The van der Waals surface area contributed by atoms with Crippen LogP contribution in [0.15, 0.2) is 66.9 Å². The molecule has 1 aliphatic carbocycles. The number of fused-ring (bicyclic) bond motifs is 5. The molecule has 2 amide bonds. The van der Waals surface area contributed by atoms with Crippen LogP contribution < -0.4 is 10.1 Å². The molecule has 2 aromatic carbocycles. The molecule has 1 unspecified atom stereocenters. The van der Waals surface area contributed by atoms with Gasteiger partial charge in [0.15, 0.2) is 0 Å². The Morgan fingerprint density at radius 3 is 2.66 bits per heavy atom. The molecule has 2 aromatic heterocycles. The van der Waals surface area contributed by atoms with Crippen molar-refractivity contribution < 1.29 is 19.1 Å². The number of esters is 1. The van der Waals surface area contributed by atoms with Gasteiger partial charge in [0, 0.05) is 22.3 Å². The first-order valence-corrected chi connectivity index (χ1v) is 13.6. The first-order chi connectivity index (χ1) is 18.6. The minimum absolute atomic E-state index is 0.240. The van der Waals surface area contributed by atoms with Crippen LogP contribution in [0.2, 0.25) is 0 Å². The van der Waals surface area contributed by atoms with E-state index in [4.69, 9.17) is 9.47 Å². The van der Waals surface area contributed by atoms with Crippen molar-refractivity contribution in [3.8, 4) is 10.8 Å². The monoisotopic (exact) mass is 527 g/mol. The van der Waals surface area contributed by atoms with E-state index in [0.717, 1.165) is 29.8 Å². The fourth-order valence-electron chi connectivity index (χ4n) is 5.59. The number of aryl methyl sites for hydroxylation is 1. The number of benzene rings is 2. The number of nitrogens with one attached hydrogen (secondary N) is 1. The molecule has 194 valence electrons. The van der Waals surface area contributed by atoms with E-state index < -0.39 is 5.97 Å². The van der Waals surface area contributed by atoms with Crippen molar-refractivity contribution in [3.05, 3.63) is 99.7 Å². The van der Waals surface area contributed by atoms with Gasteiger partial charge in [0.25, 0.3) is 0 Å². The molecule has 1 aliphatic heterocycles. The summed E-state index contributed by atoms with van der Waals surface area (Å²) in [5, 5.41) is 4.26. The molecule has 0 saturated carbocycles. The number of rotatable bonds is 4. The third kappa shape index (κ3) is 4.24. The van der Waals surface area contributed by atoms with E-state index in [1.165, 1.54) is 41.0 Å². The highest BCUT2D eigenvalue weighted by Gasteiger charge is 2.36. The van der Waals surface area contributed by atoms with Crippen molar-refractivity contribution in [1.29, 1.82) is 0 Å². The van der Waals surface area contributed by atoms with E-state index in [2.05, 4.69) is 22.1 Å². The van der Waals surface area contributed by atoms with Crippen LogP contribution in [0, 0.1) is 0 Å². The van der Waals surface area contributed by atoms with Gasteiger partial charge in [-0.15, -0.1) is 11.3 Å². The van der Waals surface area contributed by atoms with Gasteiger partial charge in [-0.1, -0.05) is 18.2 Å². The summed E-state index contributed by atoms with van der Waals surface area (Å²) in [5.41, 5.74) is 5.53. The van der Waals surface area contributed by atoms with E-state index in [1.54, 1.807) is 31.4 Å². The third-order valence-electron chi connectivity index (χ3n) is 7.38. The molecule has 0 saturated heterocycles. The van der Waals surface area contributed by atoms with E-state index >= 15 is 0 Å². The number of amides is 2. The summed E-state index contributed by atoms with van der Waals surface area (Å²) in [6.45, 7) is 0.479. The second kappa shape index (κ2) is 10.0. The Morgan fingerprint density at radius 2 is 1.82 bits per heavy atom. The zero-order chi connectivity index (χ0) is 26.2. The zero-order valence-electron chi connectivity index (χ0n) is 21.4. The van der Waals surface area contributed by atoms with Crippen LogP contribution in [-0.4, -0.2) is 35.7 Å². The molecule has 1 N–H and O–H groups in total. The first kappa shape index (κ1) is 24.3. The molecule has 6 rings (SSSR count). The molecule has 0 spiro atoms. The zero-order valence-corrected chi connectivity index (χ0v) is 22.2. The first-order valence-electron chi connectivity index (χ1n) is 12.8. The summed E-state index contributed by atoms with van der Waals surface area (Å²) in [5.74, 6) is 0.292. The fourth-order valence-corrected chi connectivity index (χ4v) is 6.99. The third-order valence-corrected chi connectivity index (χ3v) is 8.72. The van der Waals surface area contributed by atoms with Crippen LogP contribution in [0.3, 0.4) is 0 Å². The Balaban J connectivity index is 1.46. The number of urea groups is 1. The van der Waals surface area contributed by atoms with Crippen LogP contribution in [0.5, 0.6) is 5.75 Å². The Hall–Kier alpha value is -4.04. The second-order valence-corrected chi connectivity index (χ2v) is 10.7. The van der Waals surface area contributed by atoms with Crippen LogP contribution in [0.4, 0.5) is 10.5 Å². The molecule has 0 radical (unpaired) electrons. The number of thiophene rings is 1. The summed E-state index contributed by atoms with van der Waals surface area (Å²) >= 11 is 1.86. The van der Waals surface area contributed by atoms with Crippen molar-refractivity contribution in [1.82, 2.24) is 9.47 Å². The van der Waals surface area contributed by atoms with E-state index in [1.807, 2.05) is 46.6 Å². The quantitative estimate of drug-likeness (QED) is 0.314. The lowest BCUT2D eigenvalue weighted by Gasteiger charge is -2.31. The predicted octanol–water partition coefficient (Wildman–Crippen LogP) is 6.35. The van der Waals surface area contributed by atoms with Gasteiger partial charge in [0.1, 0.15) is 10.8 Å². The molecular formula is C30H29N3O4S. The number of hydrogen-bond donors (Lipinski definition) is 1. The smallest absolute Gasteiger partial charge is 0.337 e. The number of carbonyl (C=O) groups excluding carboxylic acids is 2. The van der Waals surface area contributed by atoms with Crippen LogP contribution in [-0.2, 0) is 24.1 Å². The molecule has 3 heterocycles. The van der Waals surface area contributed by atoms with Gasteiger partial charge in [-0.3, -0.25) is 0 Å². The van der Waals surface area contributed by atoms with Gasteiger partial charge in [0.2, 0.25) is 0 Å². The Labute approximate surface area is 225 Å². The van der Waals surface area contributed by atoms with Gasteiger partial charge in [-0.25, -0.2) is 9.59 Å². The molecule has 4 aromatic rings. The highest BCUT2D eigenvalue weighted by atomic mass is 32.1. The number of aromatic nitrogens is 1. The summed E-state index contributed by atoms with van der Waals surface area (Å²) < 4.78 is 12.7. The minimum Gasteiger partial charge on any atom is -0.497 e. The number of nitrogens with zero attached hydrogens (tertiary/aromatic N) is 2. The largest absolute Gasteiger partial charge is 0.497 e. The summed E-state index contributed by atoms with van der Waals surface area (Å²) in [6.07, 6.45) is 6.61. The van der Waals surface area contributed by atoms with Gasteiger partial charge in [-0.2, -0.15) is 0 Å². The predicted molar refractivity (Wildman–Crippen MR) is 147 cm³/mol. The molecule has 0 fully saturated rings. The lowest BCUT2D eigenvalue weighted by atomic mass is 9.95. The Kier molecular flexibility index (Phi) is 6.41. The van der Waals surface area contributed by atoms with Crippen molar-refractivity contribution in [3.63, 3.8) is 0 Å². The van der Waals surface area contributed by atoms with Gasteiger partial charge >= 0.3 is 12.0 Å². The van der Waals surface area contributed by atoms with Gasteiger partial charge in [-0.05, 0) is 79.3 Å². The van der Waals surface area contributed by atoms with Crippen molar-refractivity contribution in [2.24, 2.45) is 0 Å². The van der Waals surface area contributed by atoms with E-state index in [9.17, 15) is 9.59 Å². The molecule has 38 heavy (non-hydrogen) atoms. The molecule has 7 nitrogen and oxygen atoms in total. The summed E-state index contributed by atoms with van der Waals surface area (Å²) in [4.78, 5) is 29.5. The molecule has 2 aliphatic rings. The number of hydrogen-bond acceptors (Lipinski definition) is 5. The molecule has 1 atom stereocenters. The van der Waals surface area contributed by atoms with Gasteiger partial charge in [0.05, 0.1) is 38.1 Å². The standard InChI is InChI=1S/C30H29N3O4S/c1-36-22-11-6-8-19(17-22)27-25-13-7-15-32(25)28-24(23-12-3-4-14-26(23)38-28)18-33(27)30(35)31-21-10-5-9-20(16-21)29(34)37-2/h5-11,13,15-17,27H,3-4,12,14,18H2,1-2H3,(H,31,35). The lowest BCUT2D eigenvalue weighted by Crippen LogP contribution is -2.38. The highest BCUT2D eigenvalue weighted by molar-refractivity contribution is 7.15. The Bertz CT molecular complexity index is 1520. The average molecular weight is 528 g/mol. The number of anilines is 1. The lowest BCUT2D eigenvalue weighted by molar-refractivity contribution is 0.0600. The van der Waals surface area contributed by atoms with Crippen LogP contribution in [0.25, 0.3) is 5.00 Å². The van der Waals surface area contributed by atoms with Crippen molar-refractivity contribution in [2.45, 2.75) is 38.3 Å². The number of methoxy groups -OCH3 is 2. The number of ether oxygens (including phenoxy) is 2. The van der Waals surface area contributed by atoms with Gasteiger partial charge < -0.3 is 24.3 Å².